The van der Waals surface area contributed by atoms with Gasteiger partial charge in [-0.3, -0.25) is 14.4 Å². The van der Waals surface area contributed by atoms with Crippen LogP contribution in [0, 0.1) is 0 Å². The van der Waals surface area contributed by atoms with E-state index >= 15 is 0 Å². The first-order valence-corrected chi connectivity index (χ1v) is 8.36. The molecule has 0 bridgehead atoms. The van der Waals surface area contributed by atoms with E-state index in [1.54, 1.807) is 24.0 Å². The molecule has 1 saturated heterocycles. The van der Waals surface area contributed by atoms with Crippen molar-refractivity contribution in [3.8, 4) is 0 Å². The summed E-state index contributed by atoms with van der Waals surface area (Å²) in [7, 11) is 1.76. The molecule has 2 heterocycles. The van der Waals surface area contributed by atoms with Crippen LogP contribution in [0.3, 0.4) is 0 Å². The van der Waals surface area contributed by atoms with E-state index in [9.17, 15) is 4.79 Å². The Morgan fingerprint density at radius 1 is 1.33 bits per heavy atom. The Bertz CT molecular complexity index is 656. The Kier molecular flexibility index (Phi) is 5.61. The Hall–Kier alpha value is -2.18. The zero-order valence-electron chi connectivity index (χ0n) is 14.0. The van der Waals surface area contributed by atoms with E-state index in [4.69, 9.17) is 4.74 Å². The van der Waals surface area contributed by atoms with Gasteiger partial charge in [0.15, 0.2) is 0 Å². The molecule has 24 heavy (non-hydrogen) atoms. The Morgan fingerprint density at radius 3 is 2.92 bits per heavy atom. The second kappa shape index (κ2) is 8.08. The number of carbonyl (C=O) groups is 1. The van der Waals surface area contributed by atoms with Crippen molar-refractivity contribution >= 4 is 5.91 Å². The minimum Gasteiger partial charge on any atom is -0.375 e. The van der Waals surface area contributed by atoms with Crippen molar-refractivity contribution in [2.24, 2.45) is 7.05 Å². The van der Waals surface area contributed by atoms with Gasteiger partial charge in [-0.2, -0.15) is 5.10 Å². The van der Waals surface area contributed by atoms with Gasteiger partial charge in [-0.1, -0.05) is 30.3 Å². The summed E-state index contributed by atoms with van der Waals surface area (Å²) in [6, 6.07) is 12.2. The molecule has 6 nitrogen and oxygen atoms in total. The summed E-state index contributed by atoms with van der Waals surface area (Å²) >= 11 is 0. The highest BCUT2D eigenvalue weighted by Crippen LogP contribution is 2.10. The average molecular weight is 328 g/mol. The van der Waals surface area contributed by atoms with Gasteiger partial charge < -0.3 is 10.1 Å². The maximum Gasteiger partial charge on any atom is 0.269 e. The van der Waals surface area contributed by atoms with E-state index < -0.39 is 0 Å². The fraction of sp³-hybridized carbons (Fsp3) is 0.444. The molecule has 0 unspecified atom stereocenters. The van der Waals surface area contributed by atoms with Crippen molar-refractivity contribution in [2.75, 3.05) is 26.2 Å². The minimum absolute atomic E-state index is 0.00777. The van der Waals surface area contributed by atoms with E-state index in [1.807, 2.05) is 6.07 Å². The summed E-state index contributed by atoms with van der Waals surface area (Å²) < 4.78 is 7.46. The quantitative estimate of drug-likeness (QED) is 0.902. The van der Waals surface area contributed by atoms with Gasteiger partial charge >= 0.3 is 0 Å². The lowest BCUT2D eigenvalue weighted by atomic mass is 10.2. The normalized spacial score (nSPS) is 19.0. The van der Waals surface area contributed by atoms with Crippen LogP contribution in [0.4, 0.5) is 0 Å². The van der Waals surface area contributed by atoms with Crippen LogP contribution in [0.1, 0.15) is 22.5 Å². The maximum absolute atomic E-state index is 12.2. The Labute approximate surface area is 142 Å². The standard InChI is InChI=1S/C18H24N4O2/c1-21-17(8-9-20-21)18(23)19-12-16-14-22(10-5-11-24-16)13-15-6-3-2-4-7-15/h2-4,6-9,16H,5,10-14H2,1H3,(H,19,23)/t16-/m1/s1. The molecule has 0 radical (unpaired) electrons. The number of carbonyl (C=O) groups excluding carboxylic acids is 1. The zero-order valence-corrected chi connectivity index (χ0v) is 14.0. The molecule has 3 rings (SSSR count). The van der Waals surface area contributed by atoms with Gasteiger partial charge in [0.2, 0.25) is 0 Å². The minimum atomic E-state index is -0.113. The number of aryl methyl sites for hydroxylation is 1. The van der Waals surface area contributed by atoms with Crippen LogP contribution in [-0.4, -0.2) is 52.9 Å². The third-order valence-corrected chi connectivity index (χ3v) is 4.23. The molecule has 0 aliphatic carbocycles. The number of aromatic nitrogens is 2. The summed E-state index contributed by atoms with van der Waals surface area (Å²) in [6.07, 6.45) is 2.64. The Balaban J connectivity index is 1.53. The lowest BCUT2D eigenvalue weighted by Crippen LogP contribution is -2.40. The SMILES string of the molecule is Cn1nccc1C(=O)NC[C@@H]1CN(Cc2ccccc2)CCCO1. The third-order valence-electron chi connectivity index (χ3n) is 4.23. The van der Waals surface area contributed by atoms with Crippen molar-refractivity contribution in [2.45, 2.75) is 19.1 Å². The molecular formula is C18H24N4O2. The van der Waals surface area contributed by atoms with Crippen molar-refractivity contribution in [3.63, 3.8) is 0 Å². The van der Waals surface area contributed by atoms with Gasteiger partial charge in [0.05, 0.1) is 6.10 Å². The molecule has 0 saturated carbocycles. The van der Waals surface area contributed by atoms with Gasteiger partial charge in [-0.15, -0.1) is 0 Å². The lowest BCUT2D eigenvalue weighted by Gasteiger charge is -2.24. The number of hydrogen-bond acceptors (Lipinski definition) is 4. The molecule has 1 aromatic heterocycles. The van der Waals surface area contributed by atoms with Gasteiger partial charge in [-0.25, -0.2) is 0 Å². The molecule has 1 fully saturated rings. The van der Waals surface area contributed by atoms with E-state index in [2.05, 4.69) is 39.6 Å². The number of benzene rings is 1. The molecule has 1 N–H and O–H groups in total. The van der Waals surface area contributed by atoms with Crippen LogP contribution in [0.25, 0.3) is 0 Å². The van der Waals surface area contributed by atoms with E-state index in [0.29, 0.717) is 12.2 Å². The van der Waals surface area contributed by atoms with Crippen molar-refractivity contribution in [1.82, 2.24) is 20.0 Å². The third kappa shape index (κ3) is 4.43. The zero-order chi connectivity index (χ0) is 16.8. The van der Waals surface area contributed by atoms with E-state index in [-0.39, 0.29) is 12.0 Å². The number of nitrogens with zero attached hydrogens (tertiary/aromatic N) is 3. The van der Waals surface area contributed by atoms with Crippen LogP contribution < -0.4 is 5.32 Å². The maximum atomic E-state index is 12.2. The molecule has 0 spiro atoms. The summed E-state index contributed by atoms with van der Waals surface area (Å²) in [5.41, 5.74) is 1.86. The molecule has 1 aromatic carbocycles. The predicted molar refractivity (Wildman–Crippen MR) is 91.6 cm³/mol. The molecule has 1 aliphatic rings. The van der Waals surface area contributed by atoms with Gasteiger partial charge in [0.1, 0.15) is 5.69 Å². The number of amides is 1. The highest BCUT2D eigenvalue weighted by atomic mass is 16.5. The average Bonchev–Trinajstić information content (AvgIpc) is 2.89. The van der Waals surface area contributed by atoms with Gasteiger partial charge in [0.25, 0.3) is 5.91 Å². The molecule has 128 valence electrons. The molecule has 2 aromatic rings. The number of rotatable bonds is 5. The summed E-state index contributed by atoms with van der Waals surface area (Å²) in [6.45, 7) is 3.99. The molecular weight excluding hydrogens is 304 g/mol. The van der Waals surface area contributed by atoms with Crippen LogP contribution in [-0.2, 0) is 18.3 Å². The van der Waals surface area contributed by atoms with Crippen LogP contribution in [0.2, 0.25) is 0 Å². The first kappa shape index (κ1) is 16.7. The predicted octanol–water partition coefficient (Wildman–Crippen LogP) is 1.44. The summed E-state index contributed by atoms with van der Waals surface area (Å²) in [4.78, 5) is 14.6. The summed E-state index contributed by atoms with van der Waals surface area (Å²) in [5.74, 6) is -0.113. The van der Waals surface area contributed by atoms with Crippen LogP contribution in [0.5, 0.6) is 0 Å². The number of ether oxygens (including phenoxy) is 1. The Morgan fingerprint density at radius 2 is 2.17 bits per heavy atom. The van der Waals surface area contributed by atoms with Crippen molar-refractivity contribution in [3.05, 3.63) is 53.9 Å². The topological polar surface area (TPSA) is 59.4 Å². The van der Waals surface area contributed by atoms with Crippen LogP contribution in [0.15, 0.2) is 42.6 Å². The first-order valence-electron chi connectivity index (χ1n) is 8.36. The first-order chi connectivity index (χ1) is 11.7. The molecule has 1 atom stereocenters. The number of hydrogen-bond donors (Lipinski definition) is 1. The molecule has 1 aliphatic heterocycles. The summed E-state index contributed by atoms with van der Waals surface area (Å²) in [5, 5.41) is 6.98. The van der Waals surface area contributed by atoms with Crippen LogP contribution >= 0.6 is 0 Å². The molecule has 1 amide bonds. The van der Waals surface area contributed by atoms with Gasteiger partial charge in [-0.05, 0) is 18.1 Å². The lowest BCUT2D eigenvalue weighted by molar-refractivity contribution is 0.0509. The van der Waals surface area contributed by atoms with Crippen molar-refractivity contribution in [1.29, 1.82) is 0 Å². The highest BCUT2D eigenvalue weighted by Gasteiger charge is 2.20. The highest BCUT2D eigenvalue weighted by molar-refractivity contribution is 5.92. The van der Waals surface area contributed by atoms with E-state index in [1.165, 1.54) is 5.56 Å². The van der Waals surface area contributed by atoms with Crippen molar-refractivity contribution < 1.29 is 9.53 Å². The monoisotopic (exact) mass is 328 g/mol. The second-order valence-corrected chi connectivity index (χ2v) is 6.12. The fourth-order valence-corrected chi connectivity index (χ4v) is 2.97. The van der Waals surface area contributed by atoms with Gasteiger partial charge in [0, 0.05) is 46.0 Å². The molecule has 6 heteroatoms. The smallest absolute Gasteiger partial charge is 0.269 e. The number of nitrogens with one attached hydrogen (secondary N) is 1. The van der Waals surface area contributed by atoms with E-state index in [0.717, 1.165) is 32.7 Å². The second-order valence-electron chi connectivity index (χ2n) is 6.12. The fourth-order valence-electron chi connectivity index (χ4n) is 2.97. The largest absolute Gasteiger partial charge is 0.375 e.